The van der Waals surface area contributed by atoms with E-state index < -0.39 is 0 Å². The topological polar surface area (TPSA) is 59.6 Å². The number of fused-ring (bicyclic) bond motifs is 1. The van der Waals surface area contributed by atoms with Crippen molar-refractivity contribution in [3.63, 3.8) is 0 Å². The molecule has 11 heavy (non-hydrogen) atoms. The van der Waals surface area contributed by atoms with Gasteiger partial charge in [0.2, 0.25) is 0 Å². The molecule has 0 fully saturated rings. The van der Waals surface area contributed by atoms with Crippen molar-refractivity contribution in [1.82, 2.24) is 10.3 Å². The van der Waals surface area contributed by atoms with Gasteiger partial charge in [-0.25, -0.2) is 15.3 Å². The number of hydrogen-bond acceptors (Lipinski definition) is 3. The SMILES string of the molecule is OCC1=Nc2cccnc2[N]1. The first-order valence-corrected chi connectivity index (χ1v) is 3.25. The zero-order valence-corrected chi connectivity index (χ0v) is 5.73. The maximum atomic E-state index is 8.69. The van der Waals surface area contributed by atoms with E-state index in [2.05, 4.69) is 15.3 Å². The number of amidine groups is 1. The molecule has 0 amide bonds. The van der Waals surface area contributed by atoms with Crippen LogP contribution in [0.15, 0.2) is 23.3 Å². The van der Waals surface area contributed by atoms with Crippen molar-refractivity contribution in [1.29, 1.82) is 0 Å². The van der Waals surface area contributed by atoms with E-state index in [4.69, 9.17) is 5.11 Å². The summed E-state index contributed by atoms with van der Waals surface area (Å²) in [5.41, 5.74) is 0.733. The fraction of sp³-hybridized carbons (Fsp3) is 0.143. The minimum Gasteiger partial charge on any atom is -0.388 e. The first-order valence-electron chi connectivity index (χ1n) is 3.25. The Labute approximate surface area is 63.6 Å². The van der Waals surface area contributed by atoms with Gasteiger partial charge in [-0.15, -0.1) is 0 Å². The van der Waals surface area contributed by atoms with Crippen molar-refractivity contribution in [2.24, 2.45) is 4.99 Å². The molecule has 0 saturated heterocycles. The molecule has 0 spiro atoms. The molecule has 1 aromatic heterocycles. The third kappa shape index (κ3) is 0.969. The van der Waals surface area contributed by atoms with Crippen LogP contribution >= 0.6 is 0 Å². The Bertz CT molecular complexity index is 308. The minimum absolute atomic E-state index is 0.129. The smallest absolute Gasteiger partial charge is 0.180 e. The quantitative estimate of drug-likeness (QED) is 0.624. The third-order valence-electron chi connectivity index (χ3n) is 1.39. The molecule has 1 N–H and O–H groups in total. The van der Waals surface area contributed by atoms with E-state index in [-0.39, 0.29) is 6.61 Å². The monoisotopic (exact) mass is 148 g/mol. The van der Waals surface area contributed by atoms with Crippen molar-refractivity contribution < 1.29 is 5.11 Å². The molecule has 1 aromatic rings. The molecular weight excluding hydrogens is 142 g/mol. The molecule has 55 valence electrons. The van der Waals surface area contributed by atoms with E-state index in [9.17, 15) is 0 Å². The van der Waals surface area contributed by atoms with Gasteiger partial charge in [-0.1, -0.05) is 0 Å². The summed E-state index contributed by atoms with van der Waals surface area (Å²) >= 11 is 0. The highest BCUT2D eigenvalue weighted by atomic mass is 16.3. The van der Waals surface area contributed by atoms with Gasteiger partial charge in [0.25, 0.3) is 0 Å². The molecule has 2 heterocycles. The highest BCUT2D eigenvalue weighted by Crippen LogP contribution is 2.26. The zero-order chi connectivity index (χ0) is 7.68. The van der Waals surface area contributed by atoms with Gasteiger partial charge in [0.05, 0.1) is 0 Å². The molecular formula is C7H6N3O. The summed E-state index contributed by atoms with van der Waals surface area (Å²) in [6.07, 6.45) is 1.65. The van der Waals surface area contributed by atoms with E-state index in [1.54, 1.807) is 12.3 Å². The normalized spacial score (nSPS) is 13.7. The van der Waals surface area contributed by atoms with Crippen molar-refractivity contribution in [3.8, 4) is 0 Å². The lowest BCUT2D eigenvalue weighted by Crippen LogP contribution is -2.11. The second-order valence-electron chi connectivity index (χ2n) is 2.14. The van der Waals surface area contributed by atoms with Gasteiger partial charge in [0.1, 0.15) is 12.3 Å². The molecule has 0 bridgehead atoms. The first kappa shape index (κ1) is 6.30. The number of aliphatic hydroxyl groups is 1. The predicted octanol–water partition coefficient (Wildman–Crippen LogP) is 0.353. The number of nitrogens with zero attached hydrogens (tertiary/aromatic N) is 3. The van der Waals surface area contributed by atoms with Crippen molar-refractivity contribution in [3.05, 3.63) is 18.3 Å². The second-order valence-corrected chi connectivity index (χ2v) is 2.14. The fourth-order valence-corrected chi connectivity index (χ4v) is 0.919. The lowest BCUT2D eigenvalue weighted by Gasteiger charge is -1.91. The van der Waals surface area contributed by atoms with E-state index in [1.165, 1.54) is 0 Å². The zero-order valence-electron chi connectivity index (χ0n) is 5.73. The molecule has 0 saturated carbocycles. The van der Waals surface area contributed by atoms with Gasteiger partial charge in [-0.05, 0) is 12.1 Å². The van der Waals surface area contributed by atoms with Crippen LogP contribution in [0.1, 0.15) is 0 Å². The van der Waals surface area contributed by atoms with Gasteiger partial charge in [0, 0.05) is 6.20 Å². The molecule has 4 nitrogen and oxygen atoms in total. The van der Waals surface area contributed by atoms with Crippen molar-refractivity contribution in [2.45, 2.75) is 0 Å². The summed E-state index contributed by atoms with van der Waals surface area (Å²) in [6, 6.07) is 3.60. The number of hydrogen-bond donors (Lipinski definition) is 1. The largest absolute Gasteiger partial charge is 0.388 e. The van der Waals surface area contributed by atoms with Crippen LogP contribution in [0.5, 0.6) is 0 Å². The maximum Gasteiger partial charge on any atom is 0.180 e. The van der Waals surface area contributed by atoms with Crippen LogP contribution in [0.4, 0.5) is 11.5 Å². The maximum absolute atomic E-state index is 8.69. The highest BCUT2D eigenvalue weighted by Gasteiger charge is 2.14. The van der Waals surface area contributed by atoms with E-state index in [0.29, 0.717) is 11.7 Å². The standard InChI is InChI=1S/C7H6N3O/c11-4-6-9-5-2-1-3-8-7(5)10-6/h1-3,11H,4H2. The Morgan fingerprint density at radius 2 is 2.36 bits per heavy atom. The Morgan fingerprint density at radius 3 is 3.09 bits per heavy atom. The predicted molar refractivity (Wildman–Crippen MR) is 40.2 cm³/mol. The molecule has 0 unspecified atom stereocenters. The van der Waals surface area contributed by atoms with Crippen LogP contribution in [-0.2, 0) is 0 Å². The molecule has 1 aliphatic rings. The summed E-state index contributed by atoms with van der Waals surface area (Å²) in [5.74, 6) is 1.02. The van der Waals surface area contributed by atoms with Crippen LogP contribution in [0.25, 0.3) is 0 Å². The number of aliphatic imine (C=N–C) groups is 1. The summed E-state index contributed by atoms with van der Waals surface area (Å²) in [5, 5.41) is 12.6. The Balaban J connectivity index is 2.39. The van der Waals surface area contributed by atoms with E-state index in [0.717, 1.165) is 5.69 Å². The number of pyridine rings is 1. The van der Waals surface area contributed by atoms with Crippen LogP contribution in [0, 0.1) is 0 Å². The third-order valence-corrected chi connectivity index (χ3v) is 1.39. The number of aliphatic hydroxyl groups excluding tert-OH is 1. The van der Waals surface area contributed by atoms with Crippen molar-refractivity contribution >= 4 is 17.3 Å². The summed E-state index contributed by atoms with van der Waals surface area (Å²) < 4.78 is 0. The number of aromatic nitrogens is 1. The van der Waals surface area contributed by atoms with Gasteiger partial charge >= 0.3 is 0 Å². The van der Waals surface area contributed by atoms with Crippen LogP contribution < -0.4 is 5.32 Å². The molecule has 1 aliphatic heterocycles. The molecule has 0 aromatic carbocycles. The lowest BCUT2D eigenvalue weighted by atomic mass is 10.4. The lowest BCUT2D eigenvalue weighted by molar-refractivity contribution is 0.354. The molecule has 0 atom stereocenters. The minimum atomic E-state index is -0.129. The Morgan fingerprint density at radius 1 is 1.45 bits per heavy atom. The second kappa shape index (κ2) is 2.32. The van der Waals surface area contributed by atoms with Gasteiger partial charge < -0.3 is 5.11 Å². The molecule has 4 heteroatoms. The van der Waals surface area contributed by atoms with E-state index >= 15 is 0 Å². The van der Waals surface area contributed by atoms with Gasteiger partial charge in [-0.3, -0.25) is 0 Å². The molecule has 2 rings (SSSR count). The highest BCUT2D eigenvalue weighted by molar-refractivity contribution is 5.95. The van der Waals surface area contributed by atoms with Crippen molar-refractivity contribution in [2.75, 3.05) is 6.61 Å². The van der Waals surface area contributed by atoms with Crippen LogP contribution in [0.2, 0.25) is 0 Å². The van der Waals surface area contributed by atoms with E-state index in [1.807, 2.05) is 6.07 Å². The average Bonchev–Trinajstić information content (AvgIpc) is 2.46. The summed E-state index contributed by atoms with van der Waals surface area (Å²) in [7, 11) is 0. The summed E-state index contributed by atoms with van der Waals surface area (Å²) in [6.45, 7) is -0.129. The van der Waals surface area contributed by atoms with Gasteiger partial charge in [-0.2, -0.15) is 0 Å². The Kier molecular flexibility index (Phi) is 1.33. The average molecular weight is 148 g/mol. The molecule has 0 aliphatic carbocycles. The molecule has 1 radical (unpaired) electrons. The first-order chi connectivity index (χ1) is 5.40. The number of rotatable bonds is 1. The fourth-order valence-electron chi connectivity index (χ4n) is 0.919. The summed E-state index contributed by atoms with van der Waals surface area (Å²) in [4.78, 5) is 7.97. The van der Waals surface area contributed by atoms with Gasteiger partial charge in [0.15, 0.2) is 11.7 Å². The van der Waals surface area contributed by atoms with Crippen LogP contribution in [-0.4, -0.2) is 22.5 Å². The Hall–Kier alpha value is -1.42. The van der Waals surface area contributed by atoms with Crippen LogP contribution in [0.3, 0.4) is 0 Å².